The molecule has 70 valence electrons. The van der Waals surface area contributed by atoms with Crippen molar-refractivity contribution in [3.8, 4) is 0 Å². The Kier molecular flexibility index (Phi) is 3.49. The van der Waals surface area contributed by atoms with Gasteiger partial charge in [0.15, 0.2) is 0 Å². The second-order valence-electron chi connectivity index (χ2n) is 3.18. The molecule has 1 heterocycles. The average Bonchev–Trinajstić information content (AvgIpc) is 2.47. The van der Waals surface area contributed by atoms with Gasteiger partial charge in [-0.1, -0.05) is 0 Å². The first-order chi connectivity index (χ1) is 5.77. The topological polar surface area (TPSA) is 61.4 Å². The van der Waals surface area contributed by atoms with Crippen LogP contribution in [-0.2, 0) is 4.79 Å². The molecule has 1 amide bonds. The Balaban J connectivity index is 2.33. The predicted molar refractivity (Wildman–Crippen MR) is 45.7 cm³/mol. The van der Waals surface area contributed by atoms with E-state index in [9.17, 15) is 4.79 Å². The van der Waals surface area contributed by atoms with E-state index < -0.39 is 0 Å². The minimum Gasteiger partial charge on any atom is -0.395 e. The van der Waals surface area contributed by atoms with Crippen LogP contribution in [-0.4, -0.2) is 37.3 Å². The van der Waals surface area contributed by atoms with Crippen LogP contribution in [0.3, 0.4) is 0 Å². The first-order valence-corrected chi connectivity index (χ1v) is 4.33. The molecule has 2 unspecified atom stereocenters. The Hall–Kier alpha value is -0.610. The molecule has 1 saturated heterocycles. The fourth-order valence-electron chi connectivity index (χ4n) is 1.50. The number of aliphatic hydroxyl groups is 1. The standard InChI is InChI=1S/C8H16N2O2/c1-9-7(5-11)4-6-2-3-10-8(6)12/h6-7,9,11H,2-5H2,1H3,(H,10,12). The van der Waals surface area contributed by atoms with Crippen molar-refractivity contribution < 1.29 is 9.90 Å². The van der Waals surface area contributed by atoms with E-state index in [4.69, 9.17) is 5.11 Å². The summed E-state index contributed by atoms with van der Waals surface area (Å²) < 4.78 is 0. The number of likely N-dealkylation sites (N-methyl/N-ethyl adjacent to an activating group) is 1. The van der Waals surface area contributed by atoms with Gasteiger partial charge in [-0.2, -0.15) is 0 Å². The molecular formula is C8H16N2O2. The quantitative estimate of drug-likeness (QED) is 0.514. The fourth-order valence-corrected chi connectivity index (χ4v) is 1.50. The molecule has 1 fully saturated rings. The normalized spacial score (nSPS) is 25.5. The molecular weight excluding hydrogens is 156 g/mol. The summed E-state index contributed by atoms with van der Waals surface area (Å²) in [5.74, 6) is 0.221. The molecule has 3 N–H and O–H groups in total. The van der Waals surface area contributed by atoms with E-state index in [1.165, 1.54) is 0 Å². The minimum absolute atomic E-state index is 0.0545. The van der Waals surface area contributed by atoms with Gasteiger partial charge in [-0.3, -0.25) is 4.79 Å². The van der Waals surface area contributed by atoms with Gasteiger partial charge in [0.05, 0.1) is 6.61 Å². The highest BCUT2D eigenvalue weighted by Gasteiger charge is 2.26. The summed E-state index contributed by atoms with van der Waals surface area (Å²) in [5.41, 5.74) is 0. The van der Waals surface area contributed by atoms with Gasteiger partial charge in [0.25, 0.3) is 0 Å². The number of hydrogen-bond acceptors (Lipinski definition) is 3. The summed E-state index contributed by atoms with van der Waals surface area (Å²) in [7, 11) is 1.80. The van der Waals surface area contributed by atoms with Crippen molar-refractivity contribution in [1.82, 2.24) is 10.6 Å². The lowest BCUT2D eigenvalue weighted by Crippen LogP contribution is -2.33. The van der Waals surface area contributed by atoms with Gasteiger partial charge < -0.3 is 15.7 Å². The van der Waals surface area contributed by atoms with Crippen LogP contribution < -0.4 is 10.6 Å². The highest BCUT2D eigenvalue weighted by atomic mass is 16.3. The molecule has 4 nitrogen and oxygen atoms in total. The summed E-state index contributed by atoms with van der Waals surface area (Å²) in [5, 5.41) is 14.6. The van der Waals surface area contributed by atoms with Gasteiger partial charge in [-0.15, -0.1) is 0 Å². The number of nitrogens with one attached hydrogen (secondary N) is 2. The summed E-state index contributed by atoms with van der Waals surface area (Å²) in [6.07, 6.45) is 1.63. The molecule has 0 aromatic carbocycles. The highest BCUT2D eigenvalue weighted by molar-refractivity contribution is 5.80. The van der Waals surface area contributed by atoms with Crippen molar-refractivity contribution in [3.05, 3.63) is 0 Å². The van der Waals surface area contributed by atoms with E-state index in [1.54, 1.807) is 7.05 Å². The summed E-state index contributed by atoms with van der Waals surface area (Å²) in [6, 6.07) is 0.0545. The molecule has 0 spiro atoms. The second kappa shape index (κ2) is 4.42. The molecule has 4 heteroatoms. The van der Waals surface area contributed by atoms with Crippen molar-refractivity contribution in [2.45, 2.75) is 18.9 Å². The van der Waals surface area contributed by atoms with Crippen LogP contribution in [0, 0.1) is 5.92 Å². The number of aliphatic hydroxyl groups excluding tert-OH is 1. The van der Waals surface area contributed by atoms with E-state index in [0.717, 1.165) is 19.4 Å². The lowest BCUT2D eigenvalue weighted by atomic mass is 9.99. The van der Waals surface area contributed by atoms with Crippen molar-refractivity contribution in [2.24, 2.45) is 5.92 Å². The maximum atomic E-state index is 11.1. The third-order valence-corrected chi connectivity index (χ3v) is 2.36. The first-order valence-electron chi connectivity index (χ1n) is 4.33. The largest absolute Gasteiger partial charge is 0.395 e. The van der Waals surface area contributed by atoms with Gasteiger partial charge in [-0.05, 0) is 19.9 Å². The zero-order valence-electron chi connectivity index (χ0n) is 7.34. The Morgan fingerprint density at radius 1 is 1.83 bits per heavy atom. The molecule has 1 rings (SSSR count). The average molecular weight is 172 g/mol. The van der Waals surface area contributed by atoms with Gasteiger partial charge in [0, 0.05) is 18.5 Å². The van der Waals surface area contributed by atoms with E-state index in [2.05, 4.69) is 10.6 Å². The number of hydrogen-bond donors (Lipinski definition) is 3. The fraction of sp³-hybridized carbons (Fsp3) is 0.875. The van der Waals surface area contributed by atoms with Crippen molar-refractivity contribution in [3.63, 3.8) is 0 Å². The lowest BCUT2D eigenvalue weighted by Gasteiger charge is -2.15. The number of amides is 1. The molecule has 0 aromatic heterocycles. The number of carbonyl (C=O) groups excluding carboxylic acids is 1. The van der Waals surface area contributed by atoms with Crippen molar-refractivity contribution in [2.75, 3.05) is 20.2 Å². The Bertz CT molecular complexity index is 157. The molecule has 0 radical (unpaired) electrons. The summed E-state index contributed by atoms with van der Waals surface area (Å²) in [4.78, 5) is 11.1. The van der Waals surface area contributed by atoms with Gasteiger partial charge in [0.2, 0.25) is 5.91 Å². The van der Waals surface area contributed by atoms with E-state index in [-0.39, 0.29) is 24.5 Å². The summed E-state index contributed by atoms with van der Waals surface area (Å²) >= 11 is 0. The van der Waals surface area contributed by atoms with Crippen molar-refractivity contribution in [1.29, 1.82) is 0 Å². The monoisotopic (exact) mass is 172 g/mol. The van der Waals surface area contributed by atoms with E-state index >= 15 is 0 Å². The lowest BCUT2D eigenvalue weighted by molar-refractivity contribution is -0.122. The third-order valence-electron chi connectivity index (χ3n) is 2.36. The van der Waals surface area contributed by atoms with Gasteiger partial charge >= 0.3 is 0 Å². The van der Waals surface area contributed by atoms with E-state index in [0.29, 0.717) is 0 Å². The zero-order valence-corrected chi connectivity index (χ0v) is 7.34. The molecule has 0 aliphatic carbocycles. The van der Waals surface area contributed by atoms with Crippen molar-refractivity contribution >= 4 is 5.91 Å². The predicted octanol–water partition coefficient (Wildman–Crippen LogP) is -0.907. The second-order valence-corrected chi connectivity index (χ2v) is 3.18. The first kappa shape index (κ1) is 9.48. The Labute approximate surface area is 72.3 Å². The zero-order chi connectivity index (χ0) is 8.97. The van der Waals surface area contributed by atoms with Crippen LogP contribution in [0.1, 0.15) is 12.8 Å². The van der Waals surface area contributed by atoms with Gasteiger partial charge in [-0.25, -0.2) is 0 Å². The summed E-state index contributed by atoms with van der Waals surface area (Å²) in [6.45, 7) is 0.881. The molecule has 1 aliphatic heterocycles. The van der Waals surface area contributed by atoms with E-state index in [1.807, 2.05) is 0 Å². The SMILES string of the molecule is CNC(CO)CC1CCNC1=O. The van der Waals surface area contributed by atoms with Crippen LogP contribution in [0.5, 0.6) is 0 Å². The van der Waals surface area contributed by atoms with Crippen LogP contribution >= 0.6 is 0 Å². The molecule has 0 saturated carbocycles. The van der Waals surface area contributed by atoms with Crippen LogP contribution in [0.25, 0.3) is 0 Å². The minimum atomic E-state index is 0.0545. The molecule has 1 aliphatic rings. The maximum Gasteiger partial charge on any atom is 0.223 e. The van der Waals surface area contributed by atoms with Crippen LogP contribution in [0.2, 0.25) is 0 Å². The van der Waals surface area contributed by atoms with Gasteiger partial charge in [0.1, 0.15) is 0 Å². The Morgan fingerprint density at radius 2 is 2.58 bits per heavy atom. The number of rotatable bonds is 4. The van der Waals surface area contributed by atoms with Crippen LogP contribution in [0.4, 0.5) is 0 Å². The van der Waals surface area contributed by atoms with Crippen LogP contribution in [0.15, 0.2) is 0 Å². The number of carbonyl (C=O) groups is 1. The third kappa shape index (κ3) is 2.19. The highest BCUT2D eigenvalue weighted by Crippen LogP contribution is 2.15. The smallest absolute Gasteiger partial charge is 0.223 e. The maximum absolute atomic E-state index is 11.1. The Morgan fingerprint density at radius 3 is 3.00 bits per heavy atom. The molecule has 2 atom stereocenters. The molecule has 0 bridgehead atoms. The molecule has 0 aromatic rings. The molecule has 12 heavy (non-hydrogen) atoms.